The third-order valence-corrected chi connectivity index (χ3v) is 4.44. The molecule has 0 saturated carbocycles. The number of thioether (sulfide) groups is 1. The first kappa shape index (κ1) is 14.8. The van der Waals surface area contributed by atoms with E-state index in [0.29, 0.717) is 29.9 Å². The summed E-state index contributed by atoms with van der Waals surface area (Å²) in [6, 6.07) is 0. The largest absolute Gasteiger partial charge is 0.480 e. The van der Waals surface area contributed by atoms with Crippen LogP contribution in [0, 0.1) is 13.8 Å². The third-order valence-electron chi connectivity index (χ3n) is 3.45. The van der Waals surface area contributed by atoms with Crippen LogP contribution in [0.5, 0.6) is 0 Å². The molecule has 0 unspecified atom stereocenters. The minimum atomic E-state index is -1.17. The van der Waals surface area contributed by atoms with Crippen LogP contribution >= 0.6 is 11.8 Å². The van der Waals surface area contributed by atoms with Gasteiger partial charge in [-0.05, 0) is 38.2 Å². The zero-order chi connectivity index (χ0) is 14.8. The van der Waals surface area contributed by atoms with Crippen LogP contribution in [0.25, 0.3) is 0 Å². The lowest BCUT2D eigenvalue weighted by atomic mass is 9.92. The molecule has 0 radical (unpaired) electrons. The molecule has 1 amide bonds. The van der Waals surface area contributed by atoms with Crippen molar-refractivity contribution in [3.63, 3.8) is 0 Å². The molecule has 2 rings (SSSR count). The topological polar surface area (TPSA) is 92.2 Å². The molecular weight excluding hydrogens is 278 g/mol. The maximum absolute atomic E-state index is 12.3. The van der Waals surface area contributed by atoms with E-state index in [-0.39, 0.29) is 0 Å². The number of carboxylic acid groups (broad SMARTS) is 1. The van der Waals surface area contributed by atoms with Crippen LogP contribution in [0.3, 0.4) is 0 Å². The van der Waals surface area contributed by atoms with Gasteiger partial charge in [-0.1, -0.05) is 0 Å². The van der Waals surface area contributed by atoms with Crippen LogP contribution in [0.1, 0.15) is 34.7 Å². The van der Waals surface area contributed by atoms with Gasteiger partial charge in [-0.15, -0.1) is 0 Å². The molecule has 1 saturated heterocycles. The first-order valence-corrected chi connectivity index (χ1v) is 7.54. The molecule has 7 heteroatoms. The lowest BCUT2D eigenvalue weighted by Crippen LogP contribution is -2.56. The van der Waals surface area contributed by atoms with Crippen LogP contribution in [-0.2, 0) is 4.79 Å². The van der Waals surface area contributed by atoms with E-state index in [4.69, 9.17) is 0 Å². The van der Waals surface area contributed by atoms with Crippen LogP contribution in [0.15, 0.2) is 6.20 Å². The van der Waals surface area contributed by atoms with E-state index in [0.717, 1.165) is 11.5 Å². The average molecular weight is 295 g/mol. The molecule has 1 aromatic heterocycles. The Balaban J connectivity index is 2.22. The third kappa shape index (κ3) is 2.92. The Kier molecular flexibility index (Phi) is 4.27. The fourth-order valence-corrected chi connectivity index (χ4v) is 3.39. The van der Waals surface area contributed by atoms with Crippen molar-refractivity contribution in [2.24, 2.45) is 0 Å². The van der Waals surface area contributed by atoms with Gasteiger partial charge in [-0.25, -0.2) is 14.8 Å². The van der Waals surface area contributed by atoms with Gasteiger partial charge in [0.2, 0.25) is 0 Å². The summed E-state index contributed by atoms with van der Waals surface area (Å²) in [5.41, 5.74) is -0.283. The van der Waals surface area contributed by atoms with Gasteiger partial charge in [0.25, 0.3) is 5.91 Å². The molecule has 1 aliphatic rings. The van der Waals surface area contributed by atoms with E-state index in [2.05, 4.69) is 15.3 Å². The number of aromatic nitrogens is 2. The van der Waals surface area contributed by atoms with Gasteiger partial charge in [-0.3, -0.25) is 4.79 Å². The summed E-state index contributed by atoms with van der Waals surface area (Å²) in [5, 5.41) is 12.1. The maximum Gasteiger partial charge on any atom is 0.329 e. The van der Waals surface area contributed by atoms with Crippen LogP contribution in [-0.4, -0.2) is 44.0 Å². The van der Waals surface area contributed by atoms with E-state index >= 15 is 0 Å². The van der Waals surface area contributed by atoms with E-state index in [1.165, 1.54) is 6.20 Å². The molecule has 0 atom stereocenters. The number of carboxylic acids is 1. The number of nitrogens with zero attached hydrogens (tertiary/aromatic N) is 2. The monoisotopic (exact) mass is 295 g/mol. The van der Waals surface area contributed by atoms with Gasteiger partial charge in [0, 0.05) is 6.20 Å². The van der Waals surface area contributed by atoms with E-state index in [9.17, 15) is 14.7 Å². The van der Waals surface area contributed by atoms with E-state index in [1.54, 1.807) is 25.6 Å². The molecule has 1 aliphatic heterocycles. The first-order valence-electron chi connectivity index (χ1n) is 6.38. The molecule has 1 aromatic rings. The van der Waals surface area contributed by atoms with Crippen molar-refractivity contribution in [2.45, 2.75) is 32.2 Å². The van der Waals surface area contributed by atoms with E-state index in [1.807, 2.05) is 0 Å². The Morgan fingerprint density at radius 3 is 2.55 bits per heavy atom. The second-order valence-corrected chi connectivity index (χ2v) is 6.09. The van der Waals surface area contributed by atoms with Gasteiger partial charge in [-0.2, -0.15) is 11.8 Å². The molecular formula is C13H17N3O3S. The Morgan fingerprint density at radius 1 is 1.35 bits per heavy atom. The number of aliphatic carboxylic acids is 1. The van der Waals surface area contributed by atoms with Gasteiger partial charge < -0.3 is 10.4 Å². The van der Waals surface area contributed by atoms with Crippen molar-refractivity contribution in [3.05, 3.63) is 23.3 Å². The molecule has 0 bridgehead atoms. The highest BCUT2D eigenvalue weighted by atomic mass is 32.2. The Hall–Kier alpha value is -1.63. The Morgan fingerprint density at radius 2 is 2.00 bits per heavy atom. The molecule has 0 aromatic carbocycles. The molecule has 2 heterocycles. The highest BCUT2D eigenvalue weighted by Gasteiger charge is 2.41. The molecule has 0 spiro atoms. The van der Waals surface area contributed by atoms with Gasteiger partial charge >= 0.3 is 5.97 Å². The summed E-state index contributed by atoms with van der Waals surface area (Å²) < 4.78 is 0. The van der Waals surface area contributed by atoms with Gasteiger partial charge in [0.05, 0.1) is 11.3 Å². The number of hydrogen-bond acceptors (Lipinski definition) is 5. The zero-order valence-electron chi connectivity index (χ0n) is 11.5. The summed E-state index contributed by atoms with van der Waals surface area (Å²) in [6.07, 6.45) is 2.31. The van der Waals surface area contributed by atoms with Crippen LogP contribution in [0.4, 0.5) is 0 Å². The summed E-state index contributed by atoms with van der Waals surface area (Å²) in [7, 11) is 0. The maximum atomic E-state index is 12.3. The number of rotatable bonds is 3. The predicted molar refractivity (Wildman–Crippen MR) is 75.9 cm³/mol. The molecule has 108 valence electrons. The minimum absolute atomic E-state index is 0.328. The van der Waals surface area contributed by atoms with Crippen molar-refractivity contribution < 1.29 is 14.7 Å². The fraction of sp³-hybridized carbons (Fsp3) is 0.538. The molecule has 6 nitrogen and oxygen atoms in total. The summed E-state index contributed by atoms with van der Waals surface area (Å²) >= 11 is 1.70. The second kappa shape index (κ2) is 5.78. The van der Waals surface area contributed by atoms with Crippen LogP contribution < -0.4 is 5.32 Å². The van der Waals surface area contributed by atoms with E-state index < -0.39 is 17.4 Å². The highest BCUT2D eigenvalue weighted by molar-refractivity contribution is 7.99. The van der Waals surface area contributed by atoms with Gasteiger partial charge in [0.1, 0.15) is 11.4 Å². The van der Waals surface area contributed by atoms with Crippen molar-refractivity contribution in [1.82, 2.24) is 15.3 Å². The summed E-state index contributed by atoms with van der Waals surface area (Å²) in [5.74, 6) is 0.654. The summed E-state index contributed by atoms with van der Waals surface area (Å²) in [4.78, 5) is 32.0. The smallest absolute Gasteiger partial charge is 0.329 e. The van der Waals surface area contributed by atoms with Gasteiger partial charge in [0.15, 0.2) is 0 Å². The number of carbonyl (C=O) groups excluding carboxylic acids is 1. The first-order chi connectivity index (χ1) is 9.44. The number of hydrogen-bond donors (Lipinski definition) is 2. The molecule has 1 fully saturated rings. The average Bonchev–Trinajstić information content (AvgIpc) is 2.39. The lowest BCUT2D eigenvalue weighted by molar-refractivity contribution is -0.144. The number of nitrogens with one attached hydrogen (secondary N) is 1. The standard InChI is InChI=1S/C13H17N3O3S/c1-8-10(7-14-9(2)15-8)11(17)16-13(12(18)19)3-5-20-6-4-13/h7H,3-6H2,1-2H3,(H,16,17)(H,18,19). The quantitative estimate of drug-likeness (QED) is 0.869. The molecule has 20 heavy (non-hydrogen) atoms. The van der Waals surface area contributed by atoms with Crippen molar-refractivity contribution >= 4 is 23.6 Å². The fourth-order valence-electron chi connectivity index (χ4n) is 2.20. The van der Waals surface area contributed by atoms with Crippen molar-refractivity contribution in [2.75, 3.05) is 11.5 Å². The lowest BCUT2D eigenvalue weighted by Gasteiger charge is -2.33. The Labute approximate surface area is 121 Å². The number of carbonyl (C=O) groups is 2. The SMILES string of the molecule is Cc1ncc(C(=O)NC2(C(=O)O)CCSCC2)c(C)n1. The predicted octanol–water partition coefficient (Wildman–Crippen LogP) is 1.17. The zero-order valence-corrected chi connectivity index (χ0v) is 12.3. The normalized spacial score (nSPS) is 17.5. The number of amides is 1. The second-order valence-electron chi connectivity index (χ2n) is 4.87. The minimum Gasteiger partial charge on any atom is -0.480 e. The van der Waals surface area contributed by atoms with Crippen LogP contribution in [0.2, 0.25) is 0 Å². The summed E-state index contributed by atoms with van der Waals surface area (Å²) in [6.45, 7) is 3.46. The number of aryl methyl sites for hydroxylation is 2. The molecule has 0 aliphatic carbocycles. The molecule has 2 N–H and O–H groups in total. The van der Waals surface area contributed by atoms with Crippen molar-refractivity contribution in [3.8, 4) is 0 Å². The highest BCUT2D eigenvalue weighted by Crippen LogP contribution is 2.27. The van der Waals surface area contributed by atoms with Crippen molar-refractivity contribution in [1.29, 1.82) is 0 Å². The Bertz CT molecular complexity index is 542.